The maximum atomic E-state index is 12.7. The average molecular weight is 358 g/mol. The Morgan fingerprint density at radius 2 is 1.56 bits per heavy atom. The molecule has 0 spiro atoms. The summed E-state index contributed by atoms with van der Waals surface area (Å²) in [5, 5.41) is 10.1. The van der Waals surface area contributed by atoms with E-state index in [2.05, 4.69) is 46.1 Å². The van der Waals surface area contributed by atoms with Crippen molar-refractivity contribution in [1.29, 1.82) is 0 Å². The Labute approximate surface area is 155 Å². The number of amides is 1. The Morgan fingerprint density at radius 3 is 2.22 bits per heavy atom. The molecule has 0 aliphatic rings. The van der Waals surface area contributed by atoms with Crippen LogP contribution in [-0.2, 0) is 0 Å². The van der Waals surface area contributed by atoms with Crippen LogP contribution >= 0.6 is 0 Å². The lowest BCUT2D eigenvalue weighted by Gasteiger charge is -2.11. The Morgan fingerprint density at radius 1 is 0.926 bits per heavy atom. The van der Waals surface area contributed by atoms with Gasteiger partial charge in [-0.3, -0.25) is 9.59 Å². The summed E-state index contributed by atoms with van der Waals surface area (Å²) in [5.41, 5.74) is 3.85. The number of H-pyrrole nitrogens is 1. The molecule has 0 unspecified atom stereocenters. The van der Waals surface area contributed by atoms with Crippen LogP contribution in [0.25, 0.3) is 16.5 Å². The Bertz CT molecular complexity index is 1180. The summed E-state index contributed by atoms with van der Waals surface area (Å²) in [6.45, 7) is 4.10. The first kappa shape index (κ1) is 16.8. The van der Waals surface area contributed by atoms with Crippen LogP contribution in [-0.4, -0.2) is 20.7 Å². The number of rotatable bonds is 3. The molecular weight excluding hydrogens is 340 g/mol. The molecule has 6 heteroatoms. The lowest BCUT2D eigenvalue weighted by atomic mass is 10.1. The summed E-state index contributed by atoms with van der Waals surface area (Å²) in [4.78, 5) is 24.5. The first-order valence-corrected chi connectivity index (χ1v) is 8.59. The first-order valence-electron chi connectivity index (χ1n) is 8.59. The van der Waals surface area contributed by atoms with Gasteiger partial charge in [-0.25, -0.2) is 5.10 Å². The van der Waals surface area contributed by atoms with E-state index in [4.69, 9.17) is 0 Å². The largest absolute Gasteiger partial charge is 0.321 e. The van der Waals surface area contributed by atoms with Gasteiger partial charge in [0.15, 0.2) is 5.69 Å². The van der Waals surface area contributed by atoms with Crippen molar-refractivity contribution in [3.8, 4) is 5.69 Å². The maximum absolute atomic E-state index is 12.7. The van der Waals surface area contributed by atoms with Crippen LogP contribution in [0.1, 0.15) is 21.9 Å². The lowest BCUT2D eigenvalue weighted by molar-refractivity contribution is 0.102. The van der Waals surface area contributed by atoms with E-state index >= 15 is 0 Å². The SMILES string of the molecule is Cc1ccc(C)n1-c1ccc(NC(=O)c2n[nH]c(=O)c3ccccc23)cc1. The van der Waals surface area contributed by atoms with Gasteiger partial charge in [0.2, 0.25) is 0 Å². The van der Waals surface area contributed by atoms with Gasteiger partial charge in [0.05, 0.1) is 5.39 Å². The summed E-state index contributed by atoms with van der Waals surface area (Å²) in [7, 11) is 0. The van der Waals surface area contributed by atoms with Crippen molar-refractivity contribution in [3.05, 3.63) is 88.1 Å². The highest BCUT2D eigenvalue weighted by atomic mass is 16.2. The molecule has 0 atom stereocenters. The fourth-order valence-electron chi connectivity index (χ4n) is 3.25. The van der Waals surface area contributed by atoms with E-state index < -0.39 is 0 Å². The number of nitrogens with zero attached hydrogens (tertiary/aromatic N) is 2. The standard InChI is InChI=1S/C21H18N4O2/c1-13-7-8-14(2)25(13)16-11-9-15(10-12-16)22-21(27)19-17-5-3-4-6-18(17)20(26)24-23-19/h3-12H,1-2H3,(H,22,27)(H,24,26). The second-order valence-electron chi connectivity index (χ2n) is 6.40. The summed E-state index contributed by atoms with van der Waals surface area (Å²) in [5.74, 6) is -0.372. The number of aryl methyl sites for hydroxylation is 2. The molecule has 0 bridgehead atoms. The van der Waals surface area contributed by atoms with Crippen LogP contribution in [0.3, 0.4) is 0 Å². The van der Waals surface area contributed by atoms with E-state index in [9.17, 15) is 9.59 Å². The molecule has 0 fully saturated rings. The molecule has 2 N–H and O–H groups in total. The monoisotopic (exact) mass is 358 g/mol. The zero-order valence-electron chi connectivity index (χ0n) is 15.0. The molecule has 134 valence electrons. The molecule has 1 amide bonds. The number of anilines is 1. The van der Waals surface area contributed by atoms with E-state index in [-0.39, 0.29) is 17.2 Å². The third-order valence-electron chi connectivity index (χ3n) is 4.57. The van der Waals surface area contributed by atoms with Gasteiger partial charge in [0, 0.05) is 28.1 Å². The fraction of sp³-hybridized carbons (Fsp3) is 0.0952. The highest BCUT2D eigenvalue weighted by molar-refractivity contribution is 6.11. The van der Waals surface area contributed by atoms with Crippen LogP contribution in [0.5, 0.6) is 0 Å². The lowest BCUT2D eigenvalue weighted by Crippen LogP contribution is -2.19. The molecule has 0 radical (unpaired) electrons. The smallest absolute Gasteiger partial charge is 0.276 e. The minimum atomic E-state index is -0.372. The van der Waals surface area contributed by atoms with Gasteiger partial charge < -0.3 is 9.88 Å². The Hall–Kier alpha value is -3.67. The second-order valence-corrected chi connectivity index (χ2v) is 6.40. The van der Waals surface area contributed by atoms with Gasteiger partial charge in [0.25, 0.3) is 11.5 Å². The minimum absolute atomic E-state index is 0.186. The van der Waals surface area contributed by atoms with Crippen molar-refractivity contribution in [2.24, 2.45) is 0 Å². The number of carbonyl (C=O) groups excluding carboxylic acids is 1. The maximum Gasteiger partial charge on any atom is 0.276 e. The van der Waals surface area contributed by atoms with Gasteiger partial charge in [0.1, 0.15) is 0 Å². The summed E-state index contributed by atoms with van der Waals surface area (Å²) < 4.78 is 2.14. The summed E-state index contributed by atoms with van der Waals surface area (Å²) >= 11 is 0. The molecule has 4 rings (SSSR count). The highest BCUT2D eigenvalue weighted by Crippen LogP contribution is 2.20. The number of hydrogen-bond acceptors (Lipinski definition) is 3. The molecule has 0 aliphatic heterocycles. The molecule has 4 aromatic rings. The quantitative estimate of drug-likeness (QED) is 0.587. The molecular formula is C21H18N4O2. The topological polar surface area (TPSA) is 79.8 Å². The van der Waals surface area contributed by atoms with Crippen molar-refractivity contribution in [2.75, 3.05) is 5.32 Å². The molecule has 2 aromatic carbocycles. The predicted octanol–water partition coefficient (Wildman–Crippen LogP) is 3.58. The van der Waals surface area contributed by atoms with E-state index in [0.717, 1.165) is 17.1 Å². The highest BCUT2D eigenvalue weighted by Gasteiger charge is 2.14. The zero-order chi connectivity index (χ0) is 19.0. The fourth-order valence-corrected chi connectivity index (χ4v) is 3.25. The van der Waals surface area contributed by atoms with E-state index in [1.165, 1.54) is 0 Å². The molecule has 2 heterocycles. The van der Waals surface area contributed by atoms with Crippen molar-refractivity contribution in [1.82, 2.24) is 14.8 Å². The second kappa shape index (κ2) is 6.57. The molecule has 2 aromatic heterocycles. The van der Waals surface area contributed by atoms with Crippen LogP contribution in [0.15, 0.2) is 65.5 Å². The Balaban J connectivity index is 1.63. The van der Waals surface area contributed by atoms with Gasteiger partial charge in [-0.05, 0) is 56.3 Å². The third kappa shape index (κ3) is 3.01. The number of aromatic nitrogens is 3. The first-order chi connectivity index (χ1) is 13.0. The average Bonchev–Trinajstić information content (AvgIpc) is 3.01. The van der Waals surface area contributed by atoms with Gasteiger partial charge in [-0.15, -0.1) is 0 Å². The van der Waals surface area contributed by atoms with Crippen molar-refractivity contribution >= 4 is 22.4 Å². The number of carbonyl (C=O) groups is 1. The van der Waals surface area contributed by atoms with E-state index in [1.54, 1.807) is 24.3 Å². The van der Waals surface area contributed by atoms with Crippen LogP contribution in [0, 0.1) is 13.8 Å². The number of fused-ring (bicyclic) bond motifs is 1. The minimum Gasteiger partial charge on any atom is -0.321 e. The zero-order valence-corrected chi connectivity index (χ0v) is 15.0. The number of nitrogens with one attached hydrogen (secondary N) is 2. The molecule has 0 saturated carbocycles. The molecule has 6 nitrogen and oxygen atoms in total. The van der Waals surface area contributed by atoms with E-state index in [1.807, 2.05) is 24.3 Å². The normalized spacial score (nSPS) is 10.9. The van der Waals surface area contributed by atoms with E-state index in [0.29, 0.717) is 16.5 Å². The van der Waals surface area contributed by atoms with Crippen LogP contribution < -0.4 is 10.9 Å². The van der Waals surface area contributed by atoms with Crippen molar-refractivity contribution < 1.29 is 4.79 Å². The molecule has 27 heavy (non-hydrogen) atoms. The summed E-state index contributed by atoms with van der Waals surface area (Å²) in [6.07, 6.45) is 0. The van der Waals surface area contributed by atoms with Crippen LogP contribution in [0.2, 0.25) is 0 Å². The predicted molar refractivity (Wildman–Crippen MR) is 106 cm³/mol. The molecule has 0 saturated heterocycles. The van der Waals surface area contributed by atoms with Gasteiger partial charge in [-0.2, -0.15) is 5.10 Å². The third-order valence-corrected chi connectivity index (χ3v) is 4.57. The number of aromatic amines is 1. The van der Waals surface area contributed by atoms with Gasteiger partial charge >= 0.3 is 0 Å². The Kier molecular flexibility index (Phi) is 4.08. The van der Waals surface area contributed by atoms with Crippen molar-refractivity contribution in [2.45, 2.75) is 13.8 Å². The summed E-state index contributed by atoms with van der Waals surface area (Å²) in [6, 6.07) is 18.6. The van der Waals surface area contributed by atoms with Crippen LogP contribution in [0.4, 0.5) is 5.69 Å². The number of hydrogen-bond donors (Lipinski definition) is 2. The van der Waals surface area contributed by atoms with Gasteiger partial charge in [-0.1, -0.05) is 18.2 Å². The number of benzene rings is 2. The van der Waals surface area contributed by atoms with Crippen molar-refractivity contribution in [3.63, 3.8) is 0 Å². The molecule has 0 aliphatic carbocycles.